The van der Waals surface area contributed by atoms with Gasteiger partial charge in [0.15, 0.2) is 0 Å². The number of amides is 1. The number of carbonyl (C=O) groups excluding carboxylic acids is 1. The first-order valence-corrected chi connectivity index (χ1v) is 5.68. The Morgan fingerprint density at radius 1 is 1.50 bits per heavy atom. The molecule has 2 atom stereocenters. The van der Waals surface area contributed by atoms with Crippen LogP contribution in [0.2, 0.25) is 0 Å². The Morgan fingerprint density at radius 2 is 2.00 bits per heavy atom. The molecule has 0 rings (SSSR count). The van der Waals surface area contributed by atoms with Gasteiger partial charge in [-0.2, -0.15) is 5.26 Å². The maximum Gasteiger partial charge on any atom is 0.237 e. The maximum atomic E-state index is 11.9. The molecule has 4 heteroatoms. The van der Waals surface area contributed by atoms with E-state index in [1.165, 1.54) is 0 Å². The summed E-state index contributed by atoms with van der Waals surface area (Å²) in [5.74, 6) is -0.0311. The van der Waals surface area contributed by atoms with Crippen molar-refractivity contribution in [2.45, 2.75) is 58.7 Å². The van der Waals surface area contributed by atoms with Crippen molar-refractivity contribution in [1.82, 2.24) is 10.2 Å². The highest BCUT2D eigenvalue weighted by molar-refractivity contribution is 5.82. The van der Waals surface area contributed by atoms with E-state index in [-0.39, 0.29) is 23.5 Å². The standard InChI is InChI=1S/C12H23N3O/c1-7-12(4,5)14-11(16)10(3)15(6)9(2)8-13/h9-10H,7H2,1-6H3,(H,14,16). The normalized spacial score (nSPS) is 15.4. The van der Waals surface area contributed by atoms with E-state index in [0.29, 0.717) is 0 Å². The van der Waals surface area contributed by atoms with E-state index < -0.39 is 0 Å². The van der Waals surface area contributed by atoms with Gasteiger partial charge >= 0.3 is 0 Å². The molecule has 0 aliphatic heterocycles. The van der Waals surface area contributed by atoms with Crippen molar-refractivity contribution in [3.8, 4) is 6.07 Å². The smallest absolute Gasteiger partial charge is 0.237 e. The molecule has 1 amide bonds. The Hall–Kier alpha value is -1.08. The van der Waals surface area contributed by atoms with E-state index in [0.717, 1.165) is 6.42 Å². The molecule has 0 aromatic rings. The van der Waals surface area contributed by atoms with Crippen molar-refractivity contribution in [1.29, 1.82) is 5.26 Å². The SMILES string of the molecule is CCC(C)(C)NC(=O)C(C)N(C)C(C)C#N. The van der Waals surface area contributed by atoms with Crippen molar-refractivity contribution in [3.63, 3.8) is 0 Å². The molecule has 0 saturated carbocycles. The van der Waals surface area contributed by atoms with Gasteiger partial charge in [0.05, 0.1) is 18.2 Å². The molecular weight excluding hydrogens is 202 g/mol. The van der Waals surface area contributed by atoms with Crippen LogP contribution in [0.4, 0.5) is 0 Å². The molecule has 0 aromatic carbocycles. The zero-order chi connectivity index (χ0) is 12.9. The highest BCUT2D eigenvalue weighted by Gasteiger charge is 2.26. The average Bonchev–Trinajstić information content (AvgIpc) is 2.25. The first-order valence-electron chi connectivity index (χ1n) is 5.68. The van der Waals surface area contributed by atoms with Gasteiger partial charge in [-0.15, -0.1) is 0 Å². The van der Waals surface area contributed by atoms with Crippen LogP contribution in [0.1, 0.15) is 41.0 Å². The van der Waals surface area contributed by atoms with Crippen LogP contribution >= 0.6 is 0 Å². The third-order valence-electron chi connectivity index (χ3n) is 3.13. The van der Waals surface area contributed by atoms with E-state index >= 15 is 0 Å². The molecule has 92 valence electrons. The van der Waals surface area contributed by atoms with Crippen LogP contribution in [0.25, 0.3) is 0 Å². The van der Waals surface area contributed by atoms with Crippen molar-refractivity contribution in [3.05, 3.63) is 0 Å². The molecule has 4 nitrogen and oxygen atoms in total. The summed E-state index contributed by atoms with van der Waals surface area (Å²) in [6, 6.07) is 1.57. The van der Waals surface area contributed by atoms with Crippen molar-refractivity contribution in [2.75, 3.05) is 7.05 Å². The molecule has 0 aliphatic carbocycles. The number of nitrogens with one attached hydrogen (secondary N) is 1. The van der Waals surface area contributed by atoms with Gasteiger partial charge in [-0.25, -0.2) is 0 Å². The highest BCUT2D eigenvalue weighted by Crippen LogP contribution is 2.09. The lowest BCUT2D eigenvalue weighted by molar-refractivity contribution is -0.127. The van der Waals surface area contributed by atoms with E-state index in [1.54, 1.807) is 18.9 Å². The minimum Gasteiger partial charge on any atom is -0.350 e. The van der Waals surface area contributed by atoms with Gasteiger partial charge in [0, 0.05) is 5.54 Å². The second-order valence-corrected chi connectivity index (χ2v) is 4.87. The van der Waals surface area contributed by atoms with Crippen LogP contribution in [0.3, 0.4) is 0 Å². The van der Waals surface area contributed by atoms with Crippen molar-refractivity contribution < 1.29 is 4.79 Å². The summed E-state index contributed by atoms with van der Waals surface area (Å²) < 4.78 is 0. The highest BCUT2D eigenvalue weighted by atomic mass is 16.2. The number of hydrogen-bond donors (Lipinski definition) is 1. The number of hydrogen-bond acceptors (Lipinski definition) is 3. The predicted octanol–water partition coefficient (Wildman–Crippen LogP) is 1.52. The number of likely N-dealkylation sites (N-methyl/N-ethyl adjacent to an activating group) is 1. The van der Waals surface area contributed by atoms with Crippen molar-refractivity contribution >= 4 is 5.91 Å². The number of carbonyl (C=O) groups is 1. The van der Waals surface area contributed by atoms with Gasteiger partial charge in [0.2, 0.25) is 5.91 Å². The minimum absolute atomic E-state index is 0.0311. The lowest BCUT2D eigenvalue weighted by Crippen LogP contribution is -2.52. The van der Waals surface area contributed by atoms with Gasteiger partial charge < -0.3 is 5.32 Å². The second kappa shape index (κ2) is 5.86. The van der Waals surface area contributed by atoms with E-state index in [2.05, 4.69) is 11.4 Å². The summed E-state index contributed by atoms with van der Waals surface area (Å²) in [7, 11) is 1.79. The Balaban J connectivity index is 4.46. The Kier molecular flexibility index (Phi) is 5.46. The first-order chi connectivity index (χ1) is 7.25. The van der Waals surface area contributed by atoms with Crippen LogP contribution in [-0.4, -0.2) is 35.5 Å². The summed E-state index contributed by atoms with van der Waals surface area (Å²) in [5, 5.41) is 11.8. The molecule has 0 aromatic heterocycles. The van der Waals surface area contributed by atoms with E-state index in [1.807, 2.05) is 27.7 Å². The fourth-order valence-electron chi connectivity index (χ4n) is 1.14. The largest absolute Gasteiger partial charge is 0.350 e. The van der Waals surface area contributed by atoms with Crippen LogP contribution in [-0.2, 0) is 4.79 Å². The monoisotopic (exact) mass is 225 g/mol. The first kappa shape index (κ1) is 14.9. The summed E-state index contributed by atoms with van der Waals surface area (Å²) in [6.07, 6.45) is 0.878. The van der Waals surface area contributed by atoms with Gasteiger partial charge in [-0.05, 0) is 41.2 Å². The van der Waals surface area contributed by atoms with Gasteiger partial charge in [0.25, 0.3) is 0 Å². The van der Waals surface area contributed by atoms with Crippen LogP contribution in [0, 0.1) is 11.3 Å². The molecule has 0 saturated heterocycles. The van der Waals surface area contributed by atoms with Crippen molar-refractivity contribution in [2.24, 2.45) is 0 Å². The third kappa shape index (κ3) is 4.19. The summed E-state index contributed by atoms with van der Waals surface area (Å²) in [6.45, 7) is 9.62. The molecule has 0 fully saturated rings. The van der Waals surface area contributed by atoms with E-state index in [4.69, 9.17) is 5.26 Å². The second-order valence-electron chi connectivity index (χ2n) is 4.87. The van der Waals surface area contributed by atoms with Crippen LogP contribution < -0.4 is 5.32 Å². The van der Waals surface area contributed by atoms with Crippen LogP contribution in [0.5, 0.6) is 0 Å². The fraction of sp³-hybridized carbons (Fsp3) is 0.833. The molecule has 16 heavy (non-hydrogen) atoms. The summed E-state index contributed by atoms with van der Waals surface area (Å²) in [5.41, 5.74) is -0.192. The van der Waals surface area contributed by atoms with Gasteiger partial charge in [-0.1, -0.05) is 6.92 Å². The molecule has 1 N–H and O–H groups in total. The third-order valence-corrected chi connectivity index (χ3v) is 3.13. The Labute approximate surface area is 98.6 Å². The Morgan fingerprint density at radius 3 is 2.38 bits per heavy atom. The quantitative estimate of drug-likeness (QED) is 0.772. The fourth-order valence-corrected chi connectivity index (χ4v) is 1.14. The topological polar surface area (TPSA) is 56.1 Å². The lowest BCUT2D eigenvalue weighted by Gasteiger charge is -2.31. The number of rotatable bonds is 5. The van der Waals surface area contributed by atoms with Gasteiger partial charge in [-0.3, -0.25) is 9.69 Å². The number of nitriles is 1. The molecule has 0 aliphatic rings. The summed E-state index contributed by atoms with van der Waals surface area (Å²) in [4.78, 5) is 13.7. The lowest BCUT2D eigenvalue weighted by atomic mass is 10.0. The molecule has 0 spiro atoms. The Bertz CT molecular complexity index is 280. The molecule has 0 bridgehead atoms. The predicted molar refractivity (Wildman–Crippen MR) is 64.8 cm³/mol. The summed E-state index contributed by atoms with van der Waals surface area (Å²) >= 11 is 0. The average molecular weight is 225 g/mol. The van der Waals surface area contributed by atoms with Crippen LogP contribution in [0.15, 0.2) is 0 Å². The zero-order valence-electron chi connectivity index (χ0n) is 11.2. The number of nitrogens with zero attached hydrogens (tertiary/aromatic N) is 2. The minimum atomic E-state index is -0.291. The zero-order valence-corrected chi connectivity index (χ0v) is 11.2. The molecule has 0 heterocycles. The molecule has 0 radical (unpaired) electrons. The van der Waals surface area contributed by atoms with Gasteiger partial charge in [0.1, 0.15) is 0 Å². The molecule has 2 unspecified atom stereocenters. The van der Waals surface area contributed by atoms with E-state index in [9.17, 15) is 4.79 Å². The molecular formula is C12H23N3O. The maximum absolute atomic E-state index is 11.9.